The molecule has 2 aliphatic rings. The van der Waals surface area contributed by atoms with Gasteiger partial charge in [0.05, 0.1) is 46.3 Å². The second kappa shape index (κ2) is 12.3. The zero-order chi connectivity index (χ0) is 32.7. The fourth-order valence-electron chi connectivity index (χ4n) is 6.36. The molecule has 0 radical (unpaired) electrons. The number of rotatable bonds is 7. The van der Waals surface area contributed by atoms with Gasteiger partial charge in [-0.25, -0.2) is 0 Å². The number of benzene rings is 2. The number of likely N-dealkylation sites (N-methyl/N-ethyl adjacent to an activating group) is 1. The molecule has 4 heterocycles. The first kappa shape index (κ1) is 31.4. The summed E-state index contributed by atoms with van der Waals surface area (Å²) in [7, 11) is 2.02. The van der Waals surface area contributed by atoms with E-state index in [1.807, 2.05) is 11.9 Å². The Hall–Kier alpha value is -4.54. The van der Waals surface area contributed by atoms with Crippen LogP contribution in [0.4, 0.5) is 24.7 Å². The summed E-state index contributed by atoms with van der Waals surface area (Å²) < 4.78 is 54.7. The average molecular weight is 654 g/mol. The molecule has 2 N–H and O–H groups in total. The van der Waals surface area contributed by atoms with Crippen molar-refractivity contribution in [3.63, 3.8) is 0 Å². The number of nitrogens with two attached hydrogens (primary N) is 1. The molecule has 14 heteroatoms. The maximum Gasteiger partial charge on any atom is 0.417 e. The molecule has 2 aliphatic heterocycles. The van der Waals surface area contributed by atoms with E-state index in [9.17, 15) is 23.2 Å². The van der Waals surface area contributed by atoms with Crippen LogP contribution in [-0.4, -0.2) is 77.6 Å². The number of amides is 1. The van der Waals surface area contributed by atoms with Crippen LogP contribution in [-0.2, 0) is 11.0 Å². The number of aromatic nitrogens is 2. The summed E-state index contributed by atoms with van der Waals surface area (Å²) in [6.07, 6.45) is -1.23. The third-order valence-electron chi connectivity index (χ3n) is 8.68. The van der Waals surface area contributed by atoms with Crippen LogP contribution in [0.2, 0.25) is 0 Å². The topological polar surface area (TPSA) is 125 Å². The van der Waals surface area contributed by atoms with Crippen LogP contribution in [0.25, 0.3) is 33.0 Å². The van der Waals surface area contributed by atoms with E-state index in [-0.39, 0.29) is 59.0 Å². The van der Waals surface area contributed by atoms with Crippen molar-refractivity contribution in [2.24, 2.45) is 0 Å². The molecule has 46 heavy (non-hydrogen) atoms. The SMILES string of the molecule is C=C(Cl)C(=O)N1CCN(c2nc(OC[C@@H]3CCCN3C)nc3cc(-c4cc(N)ccc4C(F)(F)F)c4ccoc4c23)C[C@@H]1CC#N. The molecule has 0 spiro atoms. The van der Waals surface area contributed by atoms with Crippen molar-refractivity contribution in [3.8, 4) is 23.2 Å². The molecule has 0 unspecified atom stereocenters. The molecule has 10 nitrogen and oxygen atoms in total. The second-order valence-corrected chi connectivity index (χ2v) is 12.0. The molecule has 2 saturated heterocycles. The van der Waals surface area contributed by atoms with Crippen LogP contribution in [0.1, 0.15) is 24.8 Å². The molecule has 2 fully saturated rings. The molecule has 6 rings (SSSR count). The summed E-state index contributed by atoms with van der Waals surface area (Å²) >= 11 is 5.93. The van der Waals surface area contributed by atoms with Crippen molar-refractivity contribution >= 4 is 50.9 Å². The lowest BCUT2D eigenvalue weighted by Gasteiger charge is -2.41. The summed E-state index contributed by atoms with van der Waals surface area (Å²) in [4.78, 5) is 27.9. The largest absolute Gasteiger partial charge is 0.463 e. The molecule has 240 valence electrons. The number of furan rings is 1. The molecule has 1 amide bonds. The Balaban J connectivity index is 1.52. The zero-order valence-electron chi connectivity index (χ0n) is 25.0. The lowest BCUT2D eigenvalue weighted by Crippen LogP contribution is -2.55. The summed E-state index contributed by atoms with van der Waals surface area (Å²) in [5.74, 6) is -0.0471. The normalized spacial score (nSPS) is 19.1. The molecule has 2 aromatic heterocycles. The Morgan fingerprint density at radius 3 is 2.70 bits per heavy atom. The highest BCUT2D eigenvalue weighted by Crippen LogP contribution is 2.44. The molecule has 4 aromatic rings. The van der Waals surface area contributed by atoms with Gasteiger partial charge in [0.2, 0.25) is 0 Å². The van der Waals surface area contributed by atoms with E-state index in [0.29, 0.717) is 35.3 Å². The van der Waals surface area contributed by atoms with Gasteiger partial charge in [-0.15, -0.1) is 0 Å². The smallest absolute Gasteiger partial charge is 0.417 e. The van der Waals surface area contributed by atoms with Gasteiger partial charge in [-0.1, -0.05) is 18.2 Å². The van der Waals surface area contributed by atoms with Crippen LogP contribution >= 0.6 is 11.6 Å². The van der Waals surface area contributed by atoms with Crippen molar-refractivity contribution in [3.05, 3.63) is 53.8 Å². The van der Waals surface area contributed by atoms with E-state index in [4.69, 9.17) is 31.5 Å². The van der Waals surface area contributed by atoms with Crippen LogP contribution in [0.15, 0.2) is 52.6 Å². The van der Waals surface area contributed by atoms with E-state index in [1.165, 1.54) is 23.3 Å². The minimum Gasteiger partial charge on any atom is -0.463 e. The van der Waals surface area contributed by atoms with Crippen molar-refractivity contribution in [1.82, 2.24) is 19.8 Å². The standard InChI is InChI=1S/C32H31ClF3N7O3/c1-18(33)30(44)43-12-11-42(16-20(43)7-9-37)29-27-26(39-31(40-29)46-17-21-4-3-10-41(21)2)15-23(22-8-13-45-28(22)27)24-14-19(38)5-6-25(24)32(34,35)36/h5-6,8,13-15,20-21H,1,3-4,7,10-12,16-17,38H2,2H3/t20-,21-/m0/s1. The predicted octanol–water partition coefficient (Wildman–Crippen LogP) is 5.80. The third kappa shape index (κ3) is 5.90. The lowest BCUT2D eigenvalue weighted by molar-refractivity contribution is -0.137. The van der Waals surface area contributed by atoms with Crippen molar-refractivity contribution in [2.45, 2.75) is 37.5 Å². The van der Waals surface area contributed by atoms with Gasteiger partial charge in [0.25, 0.3) is 5.91 Å². The number of carbonyl (C=O) groups is 1. The third-order valence-corrected chi connectivity index (χ3v) is 8.84. The van der Waals surface area contributed by atoms with Gasteiger partial charge in [-0.2, -0.15) is 28.4 Å². The fourth-order valence-corrected chi connectivity index (χ4v) is 6.46. The highest BCUT2D eigenvalue weighted by molar-refractivity contribution is 6.41. The van der Waals surface area contributed by atoms with Crippen LogP contribution in [0, 0.1) is 11.3 Å². The number of nitriles is 1. The van der Waals surface area contributed by atoms with Gasteiger partial charge in [0.15, 0.2) is 0 Å². The Kier molecular flexibility index (Phi) is 8.43. The second-order valence-electron chi connectivity index (χ2n) is 11.6. The lowest BCUT2D eigenvalue weighted by atomic mass is 9.94. The first-order valence-electron chi connectivity index (χ1n) is 14.8. The number of anilines is 2. The van der Waals surface area contributed by atoms with Gasteiger partial charge in [-0.05, 0) is 67.9 Å². The van der Waals surface area contributed by atoms with E-state index in [0.717, 1.165) is 25.5 Å². The Morgan fingerprint density at radius 1 is 1.20 bits per heavy atom. The van der Waals surface area contributed by atoms with Crippen molar-refractivity contribution in [2.75, 3.05) is 50.5 Å². The Morgan fingerprint density at radius 2 is 2.00 bits per heavy atom. The number of hydrogen-bond acceptors (Lipinski definition) is 9. The van der Waals surface area contributed by atoms with Crippen LogP contribution in [0.5, 0.6) is 6.01 Å². The van der Waals surface area contributed by atoms with Crippen molar-refractivity contribution < 1.29 is 27.1 Å². The molecule has 2 atom stereocenters. The number of halogens is 4. The number of nitrogens with zero attached hydrogens (tertiary/aromatic N) is 6. The van der Waals surface area contributed by atoms with Crippen LogP contribution < -0.4 is 15.4 Å². The summed E-state index contributed by atoms with van der Waals surface area (Å²) in [6, 6.07) is 8.45. The summed E-state index contributed by atoms with van der Waals surface area (Å²) in [5.41, 5.74) is 6.00. The van der Waals surface area contributed by atoms with Crippen LogP contribution in [0.3, 0.4) is 0 Å². The highest BCUT2D eigenvalue weighted by atomic mass is 35.5. The summed E-state index contributed by atoms with van der Waals surface area (Å²) in [5, 5.41) is 10.3. The molecular weight excluding hydrogens is 623 g/mol. The number of likely N-dealkylation sites (tertiary alicyclic amines) is 1. The van der Waals surface area contributed by atoms with E-state index >= 15 is 0 Å². The first-order chi connectivity index (χ1) is 22.0. The monoisotopic (exact) mass is 653 g/mol. The highest BCUT2D eigenvalue weighted by Gasteiger charge is 2.36. The minimum absolute atomic E-state index is 0.0305. The minimum atomic E-state index is -4.65. The zero-order valence-corrected chi connectivity index (χ0v) is 25.7. The molecule has 2 aromatic carbocycles. The quantitative estimate of drug-likeness (QED) is 0.195. The number of ether oxygens (including phenoxy) is 1. The van der Waals surface area contributed by atoms with Crippen molar-refractivity contribution in [1.29, 1.82) is 5.26 Å². The molecule has 0 bridgehead atoms. The fraction of sp³-hybridized carbons (Fsp3) is 0.375. The van der Waals surface area contributed by atoms with Gasteiger partial charge >= 0.3 is 12.2 Å². The maximum absolute atomic E-state index is 14.2. The number of fused-ring (bicyclic) bond motifs is 3. The number of carbonyl (C=O) groups excluding carboxylic acids is 1. The maximum atomic E-state index is 14.2. The first-order valence-corrected chi connectivity index (χ1v) is 15.1. The number of hydrogen-bond donors (Lipinski definition) is 1. The molecule has 0 saturated carbocycles. The van der Waals surface area contributed by atoms with E-state index in [1.54, 1.807) is 12.1 Å². The Labute approximate surface area is 267 Å². The van der Waals surface area contributed by atoms with Gasteiger partial charge < -0.3 is 29.6 Å². The number of piperazine rings is 1. The number of alkyl halides is 3. The molecular formula is C32H31ClF3N7O3. The Bertz CT molecular complexity index is 1870. The predicted molar refractivity (Wildman–Crippen MR) is 168 cm³/mol. The summed E-state index contributed by atoms with van der Waals surface area (Å²) in [6.45, 7) is 5.57. The van der Waals surface area contributed by atoms with Gasteiger partial charge in [-0.3, -0.25) is 4.79 Å². The van der Waals surface area contributed by atoms with E-state index in [2.05, 4.69) is 22.5 Å². The van der Waals surface area contributed by atoms with E-state index < -0.39 is 23.7 Å². The number of nitrogen functional groups attached to an aromatic ring is 1. The van der Waals surface area contributed by atoms with Gasteiger partial charge in [0.1, 0.15) is 18.0 Å². The molecule has 0 aliphatic carbocycles. The van der Waals surface area contributed by atoms with Gasteiger partial charge in [0, 0.05) is 36.7 Å². The average Bonchev–Trinajstić information content (AvgIpc) is 3.67.